The Bertz CT molecular complexity index is 846. The summed E-state index contributed by atoms with van der Waals surface area (Å²) in [6.45, 7) is 0.347. The van der Waals surface area contributed by atoms with Crippen LogP contribution in [0.3, 0.4) is 0 Å². The first-order valence-corrected chi connectivity index (χ1v) is 7.25. The van der Waals surface area contributed by atoms with E-state index in [1.807, 2.05) is 24.3 Å². The highest BCUT2D eigenvalue weighted by molar-refractivity contribution is 5.91. The number of halogens is 1. The monoisotopic (exact) mass is 326 g/mol. The molecule has 1 heterocycles. The molecule has 6 nitrogen and oxygen atoms in total. The summed E-state index contributed by atoms with van der Waals surface area (Å²) in [5.74, 6) is 0.0466. The molecule has 0 aliphatic heterocycles. The molecule has 7 heteroatoms. The maximum Gasteiger partial charge on any atom is 0.273 e. The molecule has 1 amide bonds. The van der Waals surface area contributed by atoms with Gasteiger partial charge in [-0.3, -0.25) is 4.79 Å². The molecule has 2 aromatic carbocycles. The van der Waals surface area contributed by atoms with Gasteiger partial charge in [0.05, 0.1) is 19.0 Å². The molecular weight excluding hydrogens is 311 g/mol. The number of carbonyl (C=O) groups excluding carboxylic acids is 1. The minimum absolute atomic E-state index is 0.183. The number of benzene rings is 2. The summed E-state index contributed by atoms with van der Waals surface area (Å²) in [7, 11) is 1.59. The van der Waals surface area contributed by atoms with Gasteiger partial charge in [-0.1, -0.05) is 17.3 Å². The van der Waals surface area contributed by atoms with Crippen LogP contribution in [-0.2, 0) is 6.54 Å². The lowest BCUT2D eigenvalue weighted by atomic mass is 10.2. The van der Waals surface area contributed by atoms with Gasteiger partial charge in [-0.25, -0.2) is 9.07 Å². The third-order valence-corrected chi connectivity index (χ3v) is 3.40. The van der Waals surface area contributed by atoms with Crippen molar-refractivity contribution in [2.24, 2.45) is 0 Å². The van der Waals surface area contributed by atoms with Gasteiger partial charge in [-0.05, 0) is 42.0 Å². The van der Waals surface area contributed by atoms with Crippen LogP contribution in [0.15, 0.2) is 54.7 Å². The van der Waals surface area contributed by atoms with Gasteiger partial charge in [0.2, 0.25) is 0 Å². The molecule has 1 N–H and O–H groups in total. The molecule has 0 aliphatic rings. The zero-order valence-corrected chi connectivity index (χ0v) is 12.9. The Morgan fingerprint density at radius 1 is 1.25 bits per heavy atom. The average molecular weight is 326 g/mol. The maximum atomic E-state index is 12.9. The van der Waals surface area contributed by atoms with Crippen LogP contribution in [0.4, 0.5) is 4.39 Å². The molecule has 3 aromatic rings. The van der Waals surface area contributed by atoms with Crippen molar-refractivity contribution in [3.63, 3.8) is 0 Å². The Balaban J connectivity index is 1.66. The molecule has 3 rings (SSSR count). The van der Waals surface area contributed by atoms with E-state index >= 15 is 0 Å². The Morgan fingerprint density at radius 2 is 2.04 bits per heavy atom. The standard InChI is InChI=1S/C17H15FN4O2/c1-24-15-4-2-3-12(9-15)10-19-17(23)16-11-22(21-20-16)14-7-5-13(18)6-8-14/h2-9,11H,10H2,1H3,(H,19,23). The van der Waals surface area contributed by atoms with Crippen molar-refractivity contribution in [2.45, 2.75) is 6.54 Å². The molecule has 122 valence electrons. The van der Waals surface area contributed by atoms with E-state index in [2.05, 4.69) is 15.6 Å². The number of rotatable bonds is 5. The van der Waals surface area contributed by atoms with E-state index in [1.54, 1.807) is 19.2 Å². The van der Waals surface area contributed by atoms with Crippen LogP contribution in [-0.4, -0.2) is 28.0 Å². The van der Waals surface area contributed by atoms with Crippen LogP contribution in [0.25, 0.3) is 5.69 Å². The van der Waals surface area contributed by atoms with Crippen molar-refractivity contribution in [1.29, 1.82) is 0 Å². The van der Waals surface area contributed by atoms with Crippen LogP contribution in [0.1, 0.15) is 16.1 Å². The molecule has 0 aliphatic carbocycles. The predicted octanol–water partition coefficient (Wildman–Crippen LogP) is 2.34. The molecule has 24 heavy (non-hydrogen) atoms. The van der Waals surface area contributed by atoms with Crippen molar-refractivity contribution in [3.8, 4) is 11.4 Å². The minimum atomic E-state index is -0.341. The van der Waals surface area contributed by atoms with Crippen molar-refractivity contribution >= 4 is 5.91 Å². The van der Waals surface area contributed by atoms with E-state index in [4.69, 9.17) is 4.74 Å². The summed E-state index contributed by atoms with van der Waals surface area (Å²) in [5, 5.41) is 10.5. The van der Waals surface area contributed by atoms with Crippen molar-refractivity contribution in [3.05, 3.63) is 71.8 Å². The third kappa shape index (κ3) is 3.57. The molecule has 0 radical (unpaired) electrons. The molecule has 0 atom stereocenters. The third-order valence-electron chi connectivity index (χ3n) is 3.40. The van der Waals surface area contributed by atoms with Crippen molar-refractivity contribution in [1.82, 2.24) is 20.3 Å². The minimum Gasteiger partial charge on any atom is -0.497 e. The Kier molecular flexibility index (Phi) is 4.51. The number of nitrogens with zero attached hydrogens (tertiary/aromatic N) is 3. The van der Waals surface area contributed by atoms with Gasteiger partial charge in [0.1, 0.15) is 11.6 Å². The maximum absolute atomic E-state index is 12.9. The van der Waals surface area contributed by atoms with Gasteiger partial charge >= 0.3 is 0 Å². The molecule has 0 saturated carbocycles. The quantitative estimate of drug-likeness (QED) is 0.781. The first-order valence-electron chi connectivity index (χ1n) is 7.25. The lowest BCUT2D eigenvalue weighted by molar-refractivity contribution is 0.0946. The lowest BCUT2D eigenvalue weighted by Crippen LogP contribution is -2.23. The highest BCUT2D eigenvalue weighted by Gasteiger charge is 2.11. The molecule has 0 spiro atoms. The normalized spacial score (nSPS) is 10.4. The van der Waals surface area contributed by atoms with E-state index in [0.717, 1.165) is 11.3 Å². The number of aromatic nitrogens is 3. The highest BCUT2D eigenvalue weighted by atomic mass is 19.1. The van der Waals surface area contributed by atoms with Gasteiger partial charge in [0.15, 0.2) is 5.69 Å². The molecule has 0 saturated heterocycles. The van der Waals surface area contributed by atoms with Gasteiger partial charge < -0.3 is 10.1 Å². The second-order valence-corrected chi connectivity index (χ2v) is 5.06. The smallest absolute Gasteiger partial charge is 0.273 e. The van der Waals surface area contributed by atoms with Crippen LogP contribution in [0.5, 0.6) is 5.75 Å². The van der Waals surface area contributed by atoms with Crippen LogP contribution in [0, 0.1) is 5.82 Å². The fraction of sp³-hybridized carbons (Fsp3) is 0.118. The Hall–Kier alpha value is -3.22. The van der Waals surface area contributed by atoms with Crippen LogP contribution < -0.4 is 10.1 Å². The van der Waals surface area contributed by atoms with Crippen LogP contribution in [0.2, 0.25) is 0 Å². The van der Waals surface area contributed by atoms with Gasteiger partial charge in [-0.2, -0.15) is 0 Å². The van der Waals surface area contributed by atoms with Crippen molar-refractivity contribution < 1.29 is 13.9 Å². The second-order valence-electron chi connectivity index (χ2n) is 5.06. The summed E-state index contributed by atoms with van der Waals surface area (Å²) in [5.41, 5.74) is 1.71. The van der Waals surface area contributed by atoms with E-state index in [-0.39, 0.29) is 17.4 Å². The largest absolute Gasteiger partial charge is 0.497 e. The van der Waals surface area contributed by atoms with E-state index in [1.165, 1.54) is 23.0 Å². The number of hydrogen-bond acceptors (Lipinski definition) is 4. The first-order chi connectivity index (χ1) is 11.7. The number of ether oxygens (including phenoxy) is 1. The van der Waals surface area contributed by atoms with E-state index < -0.39 is 0 Å². The first kappa shape index (κ1) is 15.7. The second kappa shape index (κ2) is 6.91. The summed E-state index contributed by atoms with van der Waals surface area (Å²) in [4.78, 5) is 12.2. The molecule has 0 fully saturated rings. The van der Waals surface area contributed by atoms with Crippen LogP contribution >= 0.6 is 0 Å². The van der Waals surface area contributed by atoms with Gasteiger partial charge in [0, 0.05) is 6.54 Å². The molecule has 0 unspecified atom stereocenters. The fourth-order valence-electron chi connectivity index (χ4n) is 2.14. The zero-order chi connectivity index (χ0) is 16.9. The van der Waals surface area contributed by atoms with Gasteiger partial charge in [-0.15, -0.1) is 5.10 Å². The summed E-state index contributed by atoms with van der Waals surface area (Å²) in [6, 6.07) is 13.2. The van der Waals surface area contributed by atoms with Gasteiger partial charge in [0.25, 0.3) is 5.91 Å². The summed E-state index contributed by atoms with van der Waals surface area (Å²) in [6.07, 6.45) is 1.49. The average Bonchev–Trinajstić information content (AvgIpc) is 3.10. The number of amides is 1. The predicted molar refractivity (Wildman–Crippen MR) is 85.5 cm³/mol. The number of carbonyl (C=O) groups is 1. The number of methoxy groups -OCH3 is 1. The SMILES string of the molecule is COc1cccc(CNC(=O)c2cn(-c3ccc(F)cc3)nn2)c1. The Morgan fingerprint density at radius 3 is 2.79 bits per heavy atom. The molecule has 1 aromatic heterocycles. The topological polar surface area (TPSA) is 69.0 Å². The lowest BCUT2D eigenvalue weighted by Gasteiger charge is -2.05. The summed E-state index contributed by atoms with van der Waals surface area (Å²) < 4.78 is 19.5. The van der Waals surface area contributed by atoms with E-state index in [9.17, 15) is 9.18 Å². The highest BCUT2D eigenvalue weighted by Crippen LogP contribution is 2.12. The Labute approximate surface area is 137 Å². The zero-order valence-electron chi connectivity index (χ0n) is 12.9. The number of nitrogens with one attached hydrogen (secondary N) is 1. The molecular formula is C17H15FN4O2. The summed E-state index contributed by atoms with van der Waals surface area (Å²) >= 11 is 0. The van der Waals surface area contributed by atoms with E-state index in [0.29, 0.717) is 12.2 Å². The number of hydrogen-bond donors (Lipinski definition) is 1. The molecule has 0 bridgehead atoms. The fourth-order valence-corrected chi connectivity index (χ4v) is 2.14. The van der Waals surface area contributed by atoms with Crippen molar-refractivity contribution in [2.75, 3.05) is 7.11 Å².